The summed E-state index contributed by atoms with van der Waals surface area (Å²) >= 11 is 0. The van der Waals surface area contributed by atoms with Crippen molar-refractivity contribution < 1.29 is 4.42 Å². The number of fused-ring (bicyclic) bond motifs is 1. The van der Waals surface area contributed by atoms with Crippen molar-refractivity contribution in [2.45, 2.75) is 6.42 Å². The Bertz CT molecular complexity index is 411. The monoisotopic (exact) mass is 147 g/mol. The smallest absolute Gasteiger partial charge is 0.411 e. The van der Waals surface area contributed by atoms with Gasteiger partial charge in [-0.15, -0.1) is 0 Å². The minimum absolute atomic E-state index is 0.414. The number of hydrogen-bond acceptors (Lipinski definition) is 2. The first-order chi connectivity index (χ1) is 5.36. The Morgan fingerprint density at radius 2 is 2.55 bits per heavy atom. The molecular formula is C8H5NO2. The average Bonchev–Trinajstić information content (AvgIpc) is 2.17. The van der Waals surface area contributed by atoms with Crippen molar-refractivity contribution in [2.75, 3.05) is 0 Å². The van der Waals surface area contributed by atoms with Gasteiger partial charge in [0, 0.05) is 0 Å². The molecule has 0 unspecified atom stereocenters. The van der Waals surface area contributed by atoms with Gasteiger partial charge >= 0.3 is 5.76 Å². The number of aromatic amines is 1. The summed E-state index contributed by atoms with van der Waals surface area (Å²) in [6.07, 6.45) is 3.93. The van der Waals surface area contributed by atoms with Crippen molar-refractivity contribution in [3.63, 3.8) is 0 Å². The van der Waals surface area contributed by atoms with Gasteiger partial charge in [-0.2, -0.15) is 0 Å². The van der Waals surface area contributed by atoms with Crippen molar-refractivity contribution in [3.05, 3.63) is 28.1 Å². The van der Waals surface area contributed by atoms with Crippen LogP contribution in [0, 0.1) is 11.8 Å². The van der Waals surface area contributed by atoms with E-state index in [0.29, 0.717) is 17.9 Å². The average molecular weight is 147 g/mol. The largest absolute Gasteiger partial charge is 0.416 e. The lowest BCUT2D eigenvalue weighted by Gasteiger charge is -1.84. The van der Waals surface area contributed by atoms with Crippen molar-refractivity contribution in [3.8, 4) is 11.8 Å². The van der Waals surface area contributed by atoms with Crippen LogP contribution < -0.4 is 5.76 Å². The zero-order valence-corrected chi connectivity index (χ0v) is 5.68. The van der Waals surface area contributed by atoms with Gasteiger partial charge in [0.1, 0.15) is 5.76 Å². The van der Waals surface area contributed by atoms with Gasteiger partial charge in [-0.3, -0.25) is 4.98 Å². The molecule has 0 atom stereocenters. The topological polar surface area (TPSA) is 46.0 Å². The molecule has 1 aliphatic rings. The molecule has 11 heavy (non-hydrogen) atoms. The number of hydrogen-bond donors (Lipinski definition) is 1. The lowest BCUT2D eigenvalue weighted by molar-refractivity contribution is 0.480. The molecule has 0 aromatic carbocycles. The molecular weight excluding hydrogens is 142 g/mol. The Morgan fingerprint density at radius 1 is 1.64 bits per heavy atom. The molecule has 0 aliphatic heterocycles. The van der Waals surface area contributed by atoms with E-state index in [-0.39, 0.29) is 0 Å². The predicted molar refractivity (Wildman–Crippen MR) is 39.8 cm³/mol. The van der Waals surface area contributed by atoms with E-state index >= 15 is 0 Å². The van der Waals surface area contributed by atoms with Crippen LogP contribution in [-0.2, 0) is 6.42 Å². The van der Waals surface area contributed by atoms with Crippen LogP contribution in [0.25, 0.3) is 6.08 Å². The van der Waals surface area contributed by atoms with Gasteiger partial charge in [0.15, 0.2) is 0 Å². The maximum absolute atomic E-state index is 10.7. The fraction of sp³-hybridized carbons (Fsp3) is 0.125. The van der Waals surface area contributed by atoms with Crippen LogP contribution >= 0.6 is 0 Å². The van der Waals surface area contributed by atoms with E-state index < -0.39 is 5.76 Å². The highest BCUT2D eigenvalue weighted by molar-refractivity contribution is 5.53. The molecule has 1 aromatic rings. The van der Waals surface area contributed by atoms with E-state index in [0.717, 1.165) is 0 Å². The summed E-state index contributed by atoms with van der Waals surface area (Å²) in [5, 5.41) is 0. The van der Waals surface area contributed by atoms with E-state index in [1.807, 2.05) is 0 Å². The van der Waals surface area contributed by atoms with Gasteiger partial charge in [0.05, 0.1) is 12.1 Å². The van der Waals surface area contributed by atoms with E-state index in [4.69, 9.17) is 4.42 Å². The van der Waals surface area contributed by atoms with Gasteiger partial charge in [-0.1, -0.05) is 11.8 Å². The molecule has 0 fully saturated rings. The van der Waals surface area contributed by atoms with Crippen LogP contribution in [0.15, 0.2) is 15.3 Å². The second kappa shape index (κ2) is 2.17. The molecule has 1 heterocycles. The minimum Gasteiger partial charge on any atom is -0.411 e. The van der Waals surface area contributed by atoms with Gasteiger partial charge in [0.25, 0.3) is 0 Å². The van der Waals surface area contributed by atoms with Crippen molar-refractivity contribution in [1.29, 1.82) is 0 Å². The zero-order chi connectivity index (χ0) is 7.68. The molecule has 1 N–H and O–H groups in total. The van der Waals surface area contributed by atoms with Crippen molar-refractivity contribution in [1.82, 2.24) is 4.98 Å². The van der Waals surface area contributed by atoms with Crippen LogP contribution in [-0.4, -0.2) is 4.98 Å². The first-order valence-electron chi connectivity index (χ1n) is 3.23. The molecule has 0 saturated heterocycles. The molecule has 1 aromatic heterocycles. The third-order valence-corrected chi connectivity index (χ3v) is 1.44. The summed E-state index contributed by atoms with van der Waals surface area (Å²) in [7, 11) is 0. The highest BCUT2D eigenvalue weighted by Gasteiger charge is 2.05. The zero-order valence-electron chi connectivity index (χ0n) is 5.68. The number of nitrogens with one attached hydrogen (secondary N) is 1. The molecule has 0 amide bonds. The number of aromatic nitrogens is 1. The molecule has 1 aliphatic carbocycles. The quantitative estimate of drug-likeness (QED) is 0.544. The molecule has 0 saturated carbocycles. The summed E-state index contributed by atoms with van der Waals surface area (Å²) in [5.41, 5.74) is 0.715. The normalized spacial score (nSPS) is 13.1. The second-order valence-corrected chi connectivity index (χ2v) is 2.18. The standard InChI is InChI=1S/C8H5NO2/c10-8-9-6-4-2-1-3-5-7(6)11-8/h2,4H,5H2,(H,9,10). The Hall–Kier alpha value is -1.69. The summed E-state index contributed by atoms with van der Waals surface area (Å²) < 4.78 is 4.82. The summed E-state index contributed by atoms with van der Waals surface area (Å²) in [4.78, 5) is 13.2. The lowest BCUT2D eigenvalue weighted by atomic mass is 10.3. The number of rotatable bonds is 0. The fourth-order valence-corrected chi connectivity index (χ4v) is 0.953. The van der Waals surface area contributed by atoms with Crippen LogP contribution in [0.3, 0.4) is 0 Å². The Kier molecular flexibility index (Phi) is 1.19. The second-order valence-electron chi connectivity index (χ2n) is 2.18. The van der Waals surface area contributed by atoms with Crippen LogP contribution in [0.1, 0.15) is 11.5 Å². The van der Waals surface area contributed by atoms with Gasteiger partial charge in [-0.05, 0) is 12.2 Å². The van der Waals surface area contributed by atoms with E-state index in [1.165, 1.54) is 0 Å². The fourth-order valence-electron chi connectivity index (χ4n) is 0.953. The van der Waals surface area contributed by atoms with Crippen LogP contribution in [0.5, 0.6) is 0 Å². The molecule has 0 bridgehead atoms. The van der Waals surface area contributed by atoms with Crippen LogP contribution in [0.2, 0.25) is 0 Å². The van der Waals surface area contributed by atoms with E-state index in [9.17, 15) is 4.79 Å². The number of H-pyrrole nitrogens is 1. The SMILES string of the molecule is O=c1[nH]c2c(o1)CC#CC=C2. The Labute approximate surface area is 62.7 Å². The number of allylic oxidation sites excluding steroid dienone is 1. The molecule has 2 rings (SSSR count). The Morgan fingerprint density at radius 3 is 3.45 bits per heavy atom. The maximum Gasteiger partial charge on any atom is 0.416 e. The maximum atomic E-state index is 10.7. The highest BCUT2D eigenvalue weighted by atomic mass is 16.4. The molecule has 3 nitrogen and oxygen atoms in total. The van der Waals surface area contributed by atoms with E-state index in [1.54, 1.807) is 12.2 Å². The number of oxazole rings is 1. The summed E-state index contributed by atoms with van der Waals surface area (Å²) in [6.45, 7) is 0. The third-order valence-electron chi connectivity index (χ3n) is 1.44. The van der Waals surface area contributed by atoms with Crippen LogP contribution in [0.4, 0.5) is 0 Å². The van der Waals surface area contributed by atoms with Gasteiger partial charge < -0.3 is 4.42 Å². The summed E-state index contributed by atoms with van der Waals surface area (Å²) in [5.74, 6) is 5.82. The molecule has 54 valence electrons. The van der Waals surface area contributed by atoms with Gasteiger partial charge in [-0.25, -0.2) is 4.79 Å². The predicted octanol–water partition coefficient (Wildman–Crippen LogP) is 0.541. The van der Waals surface area contributed by atoms with Crippen molar-refractivity contribution in [2.24, 2.45) is 0 Å². The van der Waals surface area contributed by atoms with E-state index in [2.05, 4.69) is 16.8 Å². The first kappa shape index (κ1) is 6.05. The third kappa shape index (κ3) is 0.987. The highest BCUT2D eigenvalue weighted by Crippen LogP contribution is 2.07. The molecule has 3 heteroatoms. The minimum atomic E-state index is -0.414. The van der Waals surface area contributed by atoms with Gasteiger partial charge in [0.2, 0.25) is 0 Å². The molecule has 0 spiro atoms. The molecule has 0 radical (unpaired) electrons. The summed E-state index contributed by atoms with van der Waals surface area (Å²) in [6, 6.07) is 0. The Balaban J connectivity index is 2.62. The van der Waals surface area contributed by atoms with Crippen molar-refractivity contribution >= 4 is 6.08 Å². The first-order valence-corrected chi connectivity index (χ1v) is 3.23. The lowest BCUT2D eigenvalue weighted by Crippen LogP contribution is -1.94.